The topological polar surface area (TPSA) is 9.23 Å². The Hall–Kier alpha value is -0.0500. The zero-order valence-corrected chi connectivity index (χ0v) is 11.5. The Morgan fingerprint density at radius 2 is 2.38 bits per heavy atom. The van der Waals surface area contributed by atoms with Crippen LogP contribution in [0.15, 0.2) is 24.3 Å². The monoisotopic (exact) mass is 302 g/mol. The van der Waals surface area contributed by atoms with Crippen molar-refractivity contribution in [2.24, 2.45) is 0 Å². The second-order valence-corrected chi connectivity index (χ2v) is 5.36. The second-order valence-electron chi connectivity index (χ2n) is 4.28. The van der Waals surface area contributed by atoms with E-state index < -0.39 is 0 Å². The first-order chi connectivity index (χ1) is 7.79. The molecule has 2 atom stereocenters. The molecule has 1 fully saturated rings. The third-order valence-corrected chi connectivity index (χ3v) is 4.09. The van der Waals surface area contributed by atoms with Crippen LogP contribution in [0.4, 0.5) is 0 Å². The van der Waals surface area contributed by atoms with Crippen molar-refractivity contribution < 1.29 is 4.74 Å². The summed E-state index contributed by atoms with van der Waals surface area (Å²) in [5.41, 5.74) is 1.31. The molecular weight excluding hydrogens is 287 g/mol. The molecule has 0 aliphatic carbocycles. The minimum absolute atomic E-state index is 0.432. The number of hydrogen-bond donors (Lipinski definition) is 0. The Bertz CT molecular complexity index is 336. The van der Waals surface area contributed by atoms with Crippen LogP contribution in [-0.2, 0) is 4.74 Å². The number of alkyl halides is 1. The van der Waals surface area contributed by atoms with Crippen molar-refractivity contribution in [2.45, 2.75) is 31.3 Å². The molecule has 0 radical (unpaired) electrons. The molecule has 3 heteroatoms. The summed E-state index contributed by atoms with van der Waals surface area (Å²) in [5.74, 6) is 0.502. The summed E-state index contributed by atoms with van der Waals surface area (Å²) < 4.78 is 5.68. The standard InChI is InChI=1S/C13H16BrClO/c14-9-11(8-13-5-2-6-16-13)10-3-1-4-12(15)7-10/h1,3-4,7,11,13H,2,5-6,8-9H2. The second kappa shape index (κ2) is 6.04. The fourth-order valence-corrected chi connectivity index (χ4v) is 3.03. The van der Waals surface area contributed by atoms with Crippen LogP contribution in [0.5, 0.6) is 0 Å². The number of ether oxygens (including phenoxy) is 1. The zero-order chi connectivity index (χ0) is 11.4. The van der Waals surface area contributed by atoms with E-state index in [0.29, 0.717) is 12.0 Å². The maximum absolute atomic E-state index is 6.02. The summed E-state index contributed by atoms with van der Waals surface area (Å²) in [6.07, 6.45) is 3.92. The van der Waals surface area contributed by atoms with E-state index >= 15 is 0 Å². The highest BCUT2D eigenvalue weighted by Crippen LogP contribution is 2.29. The van der Waals surface area contributed by atoms with E-state index in [4.69, 9.17) is 16.3 Å². The van der Waals surface area contributed by atoms with Crippen molar-refractivity contribution in [3.63, 3.8) is 0 Å². The lowest BCUT2D eigenvalue weighted by atomic mass is 9.94. The van der Waals surface area contributed by atoms with Crippen molar-refractivity contribution in [3.05, 3.63) is 34.9 Å². The average Bonchev–Trinajstić information content (AvgIpc) is 2.78. The fourth-order valence-electron chi connectivity index (χ4n) is 2.20. The molecule has 88 valence electrons. The Morgan fingerprint density at radius 1 is 1.50 bits per heavy atom. The van der Waals surface area contributed by atoms with Crippen molar-refractivity contribution >= 4 is 27.5 Å². The third-order valence-electron chi connectivity index (χ3n) is 3.08. The van der Waals surface area contributed by atoms with Gasteiger partial charge in [-0.25, -0.2) is 0 Å². The molecule has 2 rings (SSSR count). The molecular formula is C13H16BrClO. The number of halogens is 2. The lowest BCUT2D eigenvalue weighted by Gasteiger charge is -2.18. The van der Waals surface area contributed by atoms with Gasteiger partial charge in [-0.2, -0.15) is 0 Å². The van der Waals surface area contributed by atoms with Crippen molar-refractivity contribution in [1.29, 1.82) is 0 Å². The summed E-state index contributed by atoms with van der Waals surface area (Å²) in [6.45, 7) is 0.926. The van der Waals surface area contributed by atoms with Crippen LogP contribution >= 0.6 is 27.5 Å². The third kappa shape index (κ3) is 3.22. The zero-order valence-electron chi connectivity index (χ0n) is 9.16. The normalized spacial score (nSPS) is 22.2. The average molecular weight is 304 g/mol. The van der Waals surface area contributed by atoms with Gasteiger partial charge in [0.15, 0.2) is 0 Å². The SMILES string of the molecule is Clc1cccc(C(CBr)CC2CCCO2)c1. The Morgan fingerprint density at radius 3 is 3.00 bits per heavy atom. The van der Waals surface area contributed by atoms with E-state index in [1.165, 1.54) is 18.4 Å². The van der Waals surface area contributed by atoms with Crippen LogP contribution in [0.25, 0.3) is 0 Å². The molecule has 0 amide bonds. The molecule has 1 saturated heterocycles. The number of benzene rings is 1. The first-order valence-electron chi connectivity index (χ1n) is 5.72. The van der Waals surface area contributed by atoms with Gasteiger partial charge in [0, 0.05) is 17.0 Å². The fraction of sp³-hybridized carbons (Fsp3) is 0.538. The largest absolute Gasteiger partial charge is 0.378 e. The molecule has 0 aromatic heterocycles. The van der Waals surface area contributed by atoms with E-state index in [1.807, 2.05) is 12.1 Å². The highest BCUT2D eigenvalue weighted by Gasteiger charge is 2.21. The van der Waals surface area contributed by atoms with Gasteiger partial charge >= 0.3 is 0 Å². The molecule has 2 unspecified atom stereocenters. The molecule has 1 nitrogen and oxygen atoms in total. The lowest BCUT2D eigenvalue weighted by Crippen LogP contribution is -2.12. The summed E-state index contributed by atoms with van der Waals surface area (Å²) in [4.78, 5) is 0. The van der Waals surface area contributed by atoms with Crippen LogP contribution in [0.3, 0.4) is 0 Å². The van der Waals surface area contributed by atoms with Gasteiger partial charge in [-0.15, -0.1) is 0 Å². The highest BCUT2D eigenvalue weighted by atomic mass is 79.9. The van der Waals surface area contributed by atoms with Gasteiger partial charge in [0.1, 0.15) is 0 Å². The predicted octanol–water partition coefficient (Wildman–Crippen LogP) is 4.39. The molecule has 1 aliphatic heterocycles. The number of hydrogen-bond acceptors (Lipinski definition) is 1. The Labute approximate surface area is 110 Å². The predicted molar refractivity (Wildman–Crippen MR) is 71.6 cm³/mol. The van der Waals surface area contributed by atoms with E-state index in [-0.39, 0.29) is 0 Å². The number of rotatable bonds is 4. The molecule has 1 heterocycles. The maximum atomic E-state index is 6.02. The molecule has 0 N–H and O–H groups in total. The molecule has 1 aliphatic rings. The Balaban J connectivity index is 2.03. The quantitative estimate of drug-likeness (QED) is 0.750. The molecule has 0 bridgehead atoms. The van der Waals surface area contributed by atoms with Crippen molar-refractivity contribution in [2.75, 3.05) is 11.9 Å². The molecule has 1 aromatic rings. The van der Waals surface area contributed by atoms with Gasteiger partial charge in [0.05, 0.1) is 6.10 Å². The van der Waals surface area contributed by atoms with Gasteiger partial charge < -0.3 is 4.74 Å². The van der Waals surface area contributed by atoms with Crippen LogP contribution in [0, 0.1) is 0 Å². The van der Waals surface area contributed by atoms with E-state index in [9.17, 15) is 0 Å². The summed E-state index contributed by atoms with van der Waals surface area (Å²) >= 11 is 9.60. The summed E-state index contributed by atoms with van der Waals surface area (Å²) in [5, 5.41) is 1.78. The van der Waals surface area contributed by atoms with Gasteiger partial charge in [-0.05, 0) is 42.9 Å². The first-order valence-corrected chi connectivity index (χ1v) is 7.22. The first kappa shape index (κ1) is 12.4. The van der Waals surface area contributed by atoms with Crippen LogP contribution in [-0.4, -0.2) is 18.0 Å². The summed E-state index contributed by atoms with van der Waals surface area (Å²) in [7, 11) is 0. The van der Waals surface area contributed by atoms with E-state index in [0.717, 1.165) is 23.4 Å². The van der Waals surface area contributed by atoms with E-state index in [2.05, 4.69) is 28.1 Å². The van der Waals surface area contributed by atoms with Crippen molar-refractivity contribution in [3.8, 4) is 0 Å². The van der Waals surface area contributed by atoms with Gasteiger partial charge in [0.2, 0.25) is 0 Å². The van der Waals surface area contributed by atoms with Crippen molar-refractivity contribution in [1.82, 2.24) is 0 Å². The van der Waals surface area contributed by atoms with Crippen LogP contribution < -0.4 is 0 Å². The van der Waals surface area contributed by atoms with Gasteiger partial charge in [-0.3, -0.25) is 0 Å². The van der Waals surface area contributed by atoms with E-state index in [1.54, 1.807) is 0 Å². The van der Waals surface area contributed by atoms with Crippen LogP contribution in [0.1, 0.15) is 30.7 Å². The molecule has 0 saturated carbocycles. The molecule has 16 heavy (non-hydrogen) atoms. The molecule has 0 spiro atoms. The minimum atomic E-state index is 0.432. The Kier molecular flexibility index (Phi) is 4.68. The van der Waals surface area contributed by atoms with Gasteiger partial charge in [0.25, 0.3) is 0 Å². The molecule has 1 aromatic carbocycles. The minimum Gasteiger partial charge on any atom is -0.378 e. The lowest BCUT2D eigenvalue weighted by molar-refractivity contribution is 0.0997. The maximum Gasteiger partial charge on any atom is 0.0582 e. The smallest absolute Gasteiger partial charge is 0.0582 e. The summed E-state index contributed by atoms with van der Waals surface area (Å²) in [6, 6.07) is 8.14. The van der Waals surface area contributed by atoms with Crippen LogP contribution in [0.2, 0.25) is 5.02 Å². The highest BCUT2D eigenvalue weighted by molar-refractivity contribution is 9.09. The van der Waals surface area contributed by atoms with Gasteiger partial charge in [-0.1, -0.05) is 39.7 Å².